The molecule has 0 aliphatic heterocycles. The van der Waals surface area contributed by atoms with Gasteiger partial charge in [-0.1, -0.05) is 44.1 Å². The van der Waals surface area contributed by atoms with Crippen molar-refractivity contribution in [2.75, 3.05) is 6.61 Å². The van der Waals surface area contributed by atoms with Crippen LogP contribution >= 0.6 is 0 Å². The normalized spacial score (nSPS) is 35.6. The van der Waals surface area contributed by atoms with Crippen molar-refractivity contribution in [3.05, 3.63) is 34.9 Å². The molecule has 4 rings (SSSR count). The van der Waals surface area contributed by atoms with E-state index in [1.807, 2.05) is 13.0 Å². The third-order valence-electron chi connectivity index (χ3n) is 8.04. The second-order valence-corrected chi connectivity index (χ2v) is 9.69. The van der Waals surface area contributed by atoms with Gasteiger partial charge in [0.15, 0.2) is 18.2 Å². The Morgan fingerprint density at radius 2 is 2.00 bits per heavy atom. The van der Waals surface area contributed by atoms with Gasteiger partial charge in [0.2, 0.25) is 0 Å². The summed E-state index contributed by atoms with van der Waals surface area (Å²) in [6.45, 7) is 6.32. The van der Waals surface area contributed by atoms with Crippen LogP contribution in [0.2, 0.25) is 0 Å². The molecule has 4 aliphatic rings. The van der Waals surface area contributed by atoms with Gasteiger partial charge in [-0.05, 0) is 56.4 Å². The molecule has 29 heavy (non-hydrogen) atoms. The fourth-order valence-corrected chi connectivity index (χ4v) is 6.37. The summed E-state index contributed by atoms with van der Waals surface area (Å²) in [6.07, 6.45) is 12.8. The smallest absolute Gasteiger partial charge is 0.306 e. The number of carbonyl (C=O) groups excluding carboxylic acids is 3. The quantitative estimate of drug-likeness (QED) is 0.490. The van der Waals surface area contributed by atoms with Gasteiger partial charge >= 0.3 is 5.97 Å². The molecule has 0 aromatic rings. The van der Waals surface area contributed by atoms with E-state index in [1.54, 1.807) is 0 Å². The van der Waals surface area contributed by atoms with E-state index in [2.05, 4.69) is 26.0 Å². The lowest BCUT2D eigenvalue weighted by Gasteiger charge is -2.53. The van der Waals surface area contributed by atoms with Gasteiger partial charge in [0.1, 0.15) is 0 Å². The third kappa shape index (κ3) is 3.25. The van der Waals surface area contributed by atoms with Gasteiger partial charge in [0, 0.05) is 29.2 Å². The number of allylic oxidation sites excluding steroid dienone is 5. The molecule has 4 nitrogen and oxygen atoms in total. The van der Waals surface area contributed by atoms with Crippen molar-refractivity contribution >= 4 is 17.5 Å². The molecule has 0 saturated heterocycles. The third-order valence-corrected chi connectivity index (χ3v) is 8.04. The molecule has 4 atom stereocenters. The van der Waals surface area contributed by atoms with E-state index in [1.165, 1.54) is 11.1 Å². The van der Waals surface area contributed by atoms with E-state index in [0.29, 0.717) is 24.7 Å². The molecular weight excluding hydrogens is 364 g/mol. The molecular formula is C25H32O4. The van der Waals surface area contributed by atoms with Crippen molar-refractivity contribution in [2.24, 2.45) is 22.7 Å². The van der Waals surface area contributed by atoms with Crippen molar-refractivity contribution in [2.45, 2.75) is 72.1 Å². The molecule has 1 saturated carbocycles. The van der Waals surface area contributed by atoms with E-state index >= 15 is 0 Å². The van der Waals surface area contributed by atoms with E-state index in [-0.39, 0.29) is 35.0 Å². The maximum Gasteiger partial charge on any atom is 0.306 e. The Hall–Kier alpha value is -1.97. The maximum absolute atomic E-state index is 12.9. The van der Waals surface area contributed by atoms with Crippen LogP contribution < -0.4 is 0 Å². The van der Waals surface area contributed by atoms with Gasteiger partial charge < -0.3 is 4.74 Å². The Kier molecular flexibility index (Phi) is 5.16. The summed E-state index contributed by atoms with van der Waals surface area (Å²) < 4.78 is 5.20. The molecule has 0 N–H and O–H groups in total. The largest absolute Gasteiger partial charge is 0.457 e. The lowest BCUT2D eigenvalue weighted by atomic mass is 9.51. The van der Waals surface area contributed by atoms with Gasteiger partial charge in [-0.2, -0.15) is 0 Å². The van der Waals surface area contributed by atoms with Crippen LogP contribution in [0.4, 0.5) is 0 Å². The summed E-state index contributed by atoms with van der Waals surface area (Å²) in [5, 5.41) is 0. The number of esters is 1. The number of rotatable bonds is 5. The molecule has 156 valence electrons. The zero-order valence-corrected chi connectivity index (χ0v) is 17.9. The van der Waals surface area contributed by atoms with Gasteiger partial charge in [-0.3, -0.25) is 14.4 Å². The van der Waals surface area contributed by atoms with Crippen molar-refractivity contribution < 1.29 is 19.1 Å². The predicted molar refractivity (Wildman–Crippen MR) is 111 cm³/mol. The highest BCUT2D eigenvalue weighted by atomic mass is 16.5. The monoisotopic (exact) mass is 396 g/mol. The highest BCUT2D eigenvalue weighted by Crippen LogP contribution is 2.63. The van der Waals surface area contributed by atoms with Crippen LogP contribution in [0.25, 0.3) is 0 Å². The molecule has 0 heterocycles. The van der Waals surface area contributed by atoms with Crippen LogP contribution in [-0.2, 0) is 19.1 Å². The maximum atomic E-state index is 12.9. The minimum atomic E-state index is -0.293. The number of carbonyl (C=O) groups is 3. The average molecular weight is 397 g/mol. The number of ether oxygens (including phenoxy) is 1. The van der Waals surface area contributed by atoms with Crippen molar-refractivity contribution in [3.8, 4) is 0 Å². The van der Waals surface area contributed by atoms with Crippen LogP contribution in [0, 0.1) is 22.7 Å². The van der Waals surface area contributed by atoms with Crippen molar-refractivity contribution in [1.82, 2.24) is 0 Å². The zero-order valence-electron chi connectivity index (χ0n) is 17.9. The standard InChI is InChI=1S/C25H32O4/c1-4-5-23(28)29-15-22(27)21-9-8-19-18-7-6-16-14-17(26)10-12-24(16,2)20(18)11-13-25(19,21)3/h9,11,14,18-19H,4-8,10,12-13,15H2,1-3H3/t18-,19-,24-,25-/m0/s1. The first kappa shape index (κ1) is 20.3. The predicted octanol–water partition coefficient (Wildman–Crippen LogP) is 4.89. The first-order valence-electron chi connectivity index (χ1n) is 11.1. The lowest BCUT2D eigenvalue weighted by molar-refractivity contribution is -0.147. The van der Waals surface area contributed by atoms with Gasteiger partial charge in [0.05, 0.1) is 0 Å². The number of hydrogen-bond donors (Lipinski definition) is 0. The highest BCUT2D eigenvalue weighted by Gasteiger charge is 2.54. The molecule has 0 amide bonds. The fourth-order valence-electron chi connectivity index (χ4n) is 6.37. The molecule has 0 aromatic carbocycles. The molecule has 4 heteroatoms. The van der Waals surface area contributed by atoms with Crippen molar-refractivity contribution in [3.63, 3.8) is 0 Å². The van der Waals surface area contributed by atoms with Crippen molar-refractivity contribution in [1.29, 1.82) is 0 Å². The van der Waals surface area contributed by atoms with Crippen LogP contribution in [0.5, 0.6) is 0 Å². The number of fused-ring (bicyclic) bond motifs is 5. The number of Topliss-reactive ketones (excluding diaryl/α,β-unsaturated/α-hetero) is 1. The van der Waals surface area contributed by atoms with Crippen LogP contribution in [0.1, 0.15) is 72.1 Å². The molecule has 0 bridgehead atoms. The van der Waals surface area contributed by atoms with Gasteiger partial charge in [-0.25, -0.2) is 0 Å². The first-order chi connectivity index (χ1) is 13.8. The summed E-state index contributed by atoms with van der Waals surface area (Å²) in [6, 6.07) is 0. The Morgan fingerprint density at radius 3 is 2.76 bits per heavy atom. The van der Waals surface area contributed by atoms with Gasteiger partial charge in [-0.15, -0.1) is 0 Å². The van der Waals surface area contributed by atoms with E-state index in [4.69, 9.17) is 4.74 Å². The molecule has 1 fully saturated rings. The Morgan fingerprint density at radius 1 is 1.21 bits per heavy atom. The highest BCUT2D eigenvalue weighted by molar-refractivity contribution is 5.99. The zero-order chi connectivity index (χ0) is 20.8. The number of hydrogen-bond acceptors (Lipinski definition) is 4. The van der Waals surface area contributed by atoms with E-state index in [0.717, 1.165) is 44.1 Å². The average Bonchev–Trinajstić information content (AvgIpc) is 3.04. The Labute approximate surface area is 173 Å². The molecule has 0 unspecified atom stereocenters. The first-order valence-corrected chi connectivity index (χ1v) is 11.1. The molecule has 0 aromatic heterocycles. The SMILES string of the molecule is CCCC(=O)OCC(=O)C1=CC[C@H]2[C@@H]3CCC4=CC(=O)CC[C@]4(C)C3=CC[C@]12C. The van der Waals surface area contributed by atoms with Crippen LogP contribution in [0.15, 0.2) is 34.9 Å². The van der Waals surface area contributed by atoms with E-state index in [9.17, 15) is 14.4 Å². The molecule has 4 aliphatic carbocycles. The summed E-state index contributed by atoms with van der Waals surface area (Å²) in [4.78, 5) is 36.5. The Bertz CT molecular complexity index is 845. The second kappa shape index (κ2) is 7.37. The topological polar surface area (TPSA) is 60.4 Å². The number of ketones is 2. The summed E-state index contributed by atoms with van der Waals surface area (Å²) in [7, 11) is 0. The lowest BCUT2D eigenvalue weighted by Crippen LogP contribution is -2.44. The molecule has 0 spiro atoms. The minimum absolute atomic E-state index is 0.0145. The Balaban J connectivity index is 1.55. The van der Waals surface area contributed by atoms with E-state index < -0.39 is 0 Å². The van der Waals surface area contributed by atoms with Crippen LogP contribution in [0.3, 0.4) is 0 Å². The summed E-state index contributed by atoms with van der Waals surface area (Å²) in [5.74, 6) is 0.822. The summed E-state index contributed by atoms with van der Waals surface area (Å²) in [5.41, 5.74) is 3.50. The fraction of sp³-hybridized carbons (Fsp3) is 0.640. The van der Waals surface area contributed by atoms with Gasteiger partial charge in [0.25, 0.3) is 0 Å². The summed E-state index contributed by atoms with van der Waals surface area (Å²) >= 11 is 0. The molecule has 0 radical (unpaired) electrons. The second-order valence-electron chi connectivity index (χ2n) is 9.69. The van der Waals surface area contributed by atoms with Crippen LogP contribution in [-0.4, -0.2) is 24.1 Å². The minimum Gasteiger partial charge on any atom is -0.457 e.